The summed E-state index contributed by atoms with van der Waals surface area (Å²) in [5.74, 6) is 0. The fraction of sp³-hybridized carbons (Fsp3) is 0.294. The van der Waals surface area contributed by atoms with Crippen LogP contribution in [0.3, 0.4) is 0 Å². The normalized spacial score (nSPS) is 16.1. The van der Waals surface area contributed by atoms with Gasteiger partial charge in [0.05, 0.1) is 0 Å². The van der Waals surface area contributed by atoms with E-state index in [0.29, 0.717) is 0 Å². The number of anilines is 2. The van der Waals surface area contributed by atoms with Gasteiger partial charge in [0, 0.05) is 49.1 Å². The molecule has 1 aliphatic rings. The minimum Gasteiger partial charge on any atom is -0.399 e. The number of benzene rings is 2. The van der Waals surface area contributed by atoms with Crippen molar-refractivity contribution in [2.24, 2.45) is 0 Å². The van der Waals surface area contributed by atoms with E-state index < -0.39 is 0 Å². The average Bonchev–Trinajstić information content (AvgIpc) is 2.53. The number of rotatable bonds is 3. The lowest BCUT2D eigenvalue weighted by molar-refractivity contribution is 0.250. The third kappa shape index (κ3) is 3.49. The molecule has 21 heavy (non-hydrogen) atoms. The molecule has 2 aromatic carbocycles. The van der Waals surface area contributed by atoms with Crippen LogP contribution in [0.15, 0.2) is 48.5 Å². The second-order valence-corrected chi connectivity index (χ2v) is 5.86. The summed E-state index contributed by atoms with van der Waals surface area (Å²) in [5, 5.41) is 0.801. The zero-order valence-electron chi connectivity index (χ0n) is 12.0. The molecule has 0 radical (unpaired) electrons. The molecular weight excluding hydrogens is 282 g/mol. The first-order valence-corrected chi connectivity index (χ1v) is 7.66. The molecular formula is C17H20ClN3. The molecule has 4 heteroatoms. The second kappa shape index (κ2) is 6.37. The maximum atomic E-state index is 6.25. The molecule has 0 amide bonds. The fourth-order valence-corrected chi connectivity index (χ4v) is 2.94. The third-order valence-electron chi connectivity index (χ3n) is 3.96. The molecule has 0 saturated carbocycles. The van der Waals surface area contributed by atoms with E-state index in [1.165, 1.54) is 5.69 Å². The van der Waals surface area contributed by atoms with E-state index in [-0.39, 0.29) is 0 Å². The van der Waals surface area contributed by atoms with Crippen LogP contribution < -0.4 is 10.6 Å². The molecule has 2 N–H and O–H groups in total. The summed E-state index contributed by atoms with van der Waals surface area (Å²) < 4.78 is 0. The smallest absolute Gasteiger partial charge is 0.0452 e. The quantitative estimate of drug-likeness (QED) is 0.883. The summed E-state index contributed by atoms with van der Waals surface area (Å²) >= 11 is 6.25. The Labute approximate surface area is 130 Å². The summed E-state index contributed by atoms with van der Waals surface area (Å²) in [6.45, 7) is 5.04. The summed E-state index contributed by atoms with van der Waals surface area (Å²) in [7, 11) is 0. The van der Waals surface area contributed by atoms with Crippen LogP contribution in [0.1, 0.15) is 5.56 Å². The van der Waals surface area contributed by atoms with Crippen LogP contribution in [0.5, 0.6) is 0 Å². The van der Waals surface area contributed by atoms with Gasteiger partial charge in [-0.1, -0.05) is 29.8 Å². The van der Waals surface area contributed by atoms with Crippen molar-refractivity contribution in [2.45, 2.75) is 6.54 Å². The number of nitrogen functional groups attached to an aromatic ring is 1. The van der Waals surface area contributed by atoms with Crippen molar-refractivity contribution in [1.29, 1.82) is 0 Å². The molecule has 0 aromatic heterocycles. The molecule has 0 unspecified atom stereocenters. The molecule has 1 fully saturated rings. The first kappa shape index (κ1) is 14.2. The third-order valence-corrected chi connectivity index (χ3v) is 4.33. The number of para-hydroxylation sites is 1. The highest BCUT2D eigenvalue weighted by Crippen LogP contribution is 2.22. The van der Waals surface area contributed by atoms with Gasteiger partial charge in [0.15, 0.2) is 0 Å². The van der Waals surface area contributed by atoms with Crippen LogP contribution in [-0.4, -0.2) is 31.1 Å². The largest absolute Gasteiger partial charge is 0.399 e. The maximum absolute atomic E-state index is 6.25. The maximum Gasteiger partial charge on any atom is 0.0452 e. The van der Waals surface area contributed by atoms with Crippen molar-refractivity contribution in [3.8, 4) is 0 Å². The topological polar surface area (TPSA) is 32.5 Å². The van der Waals surface area contributed by atoms with Crippen LogP contribution in [0, 0.1) is 0 Å². The van der Waals surface area contributed by atoms with Gasteiger partial charge in [-0.25, -0.2) is 0 Å². The van der Waals surface area contributed by atoms with E-state index in [1.54, 1.807) is 0 Å². The molecule has 3 rings (SSSR count). The molecule has 1 aliphatic heterocycles. The molecule has 3 nitrogen and oxygen atoms in total. The standard InChI is InChI=1S/C17H20ClN3/c18-17-7-6-15(19)12-14(17)13-20-8-10-21(11-9-20)16-4-2-1-3-5-16/h1-7,12H,8-11,13,19H2. The van der Waals surface area contributed by atoms with Gasteiger partial charge in [-0.2, -0.15) is 0 Å². The van der Waals surface area contributed by atoms with E-state index in [4.69, 9.17) is 17.3 Å². The van der Waals surface area contributed by atoms with Crippen molar-refractivity contribution in [2.75, 3.05) is 36.8 Å². The number of nitrogens with zero attached hydrogens (tertiary/aromatic N) is 2. The molecule has 0 spiro atoms. The molecule has 0 atom stereocenters. The number of piperazine rings is 1. The number of halogens is 1. The van der Waals surface area contributed by atoms with Crippen molar-refractivity contribution < 1.29 is 0 Å². The predicted molar refractivity (Wildman–Crippen MR) is 89.8 cm³/mol. The van der Waals surface area contributed by atoms with Gasteiger partial charge in [-0.3, -0.25) is 4.90 Å². The van der Waals surface area contributed by atoms with Crippen molar-refractivity contribution >= 4 is 23.0 Å². The van der Waals surface area contributed by atoms with Crippen LogP contribution in [0.4, 0.5) is 11.4 Å². The fourth-order valence-electron chi connectivity index (χ4n) is 2.76. The first-order valence-electron chi connectivity index (χ1n) is 7.28. The Morgan fingerprint density at radius 1 is 0.952 bits per heavy atom. The highest BCUT2D eigenvalue weighted by atomic mass is 35.5. The monoisotopic (exact) mass is 301 g/mol. The minimum absolute atomic E-state index is 0.775. The van der Waals surface area contributed by atoms with E-state index in [9.17, 15) is 0 Å². The van der Waals surface area contributed by atoms with E-state index in [1.807, 2.05) is 18.2 Å². The molecule has 0 aliphatic carbocycles. The van der Waals surface area contributed by atoms with E-state index >= 15 is 0 Å². The Balaban J connectivity index is 1.60. The van der Waals surface area contributed by atoms with Crippen LogP contribution in [-0.2, 0) is 6.54 Å². The van der Waals surface area contributed by atoms with Gasteiger partial charge < -0.3 is 10.6 Å². The van der Waals surface area contributed by atoms with Gasteiger partial charge in [-0.05, 0) is 35.9 Å². The second-order valence-electron chi connectivity index (χ2n) is 5.45. The number of nitrogens with two attached hydrogens (primary N) is 1. The van der Waals surface area contributed by atoms with Crippen LogP contribution >= 0.6 is 11.6 Å². The Bertz CT molecular complexity index is 592. The molecule has 0 bridgehead atoms. The average molecular weight is 302 g/mol. The van der Waals surface area contributed by atoms with E-state index in [2.05, 4.69) is 40.1 Å². The SMILES string of the molecule is Nc1ccc(Cl)c(CN2CCN(c3ccccc3)CC2)c1. The lowest BCUT2D eigenvalue weighted by Crippen LogP contribution is -2.46. The zero-order valence-corrected chi connectivity index (χ0v) is 12.8. The molecule has 1 saturated heterocycles. The highest BCUT2D eigenvalue weighted by Gasteiger charge is 2.17. The van der Waals surface area contributed by atoms with Crippen molar-refractivity contribution in [3.63, 3.8) is 0 Å². The van der Waals surface area contributed by atoms with Crippen LogP contribution in [0.2, 0.25) is 5.02 Å². The summed E-state index contributed by atoms with van der Waals surface area (Å²) in [4.78, 5) is 4.86. The van der Waals surface area contributed by atoms with Crippen molar-refractivity contribution in [3.05, 3.63) is 59.1 Å². The van der Waals surface area contributed by atoms with E-state index in [0.717, 1.165) is 49.0 Å². The first-order chi connectivity index (χ1) is 10.2. The zero-order chi connectivity index (χ0) is 14.7. The lowest BCUT2D eigenvalue weighted by atomic mass is 10.1. The highest BCUT2D eigenvalue weighted by molar-refractivity contribution is 6.31. The molecule has 2 aromatic rings. The summed E-state index contributed by atoms with van der Waals surface area (Å²) in [5.41, 5.74) is 9.04. The van der Waals surface area contributed by atoms with Gasteiger partial charge >= 0.3 is 0 Å². The van der Waals surface area contributed by atoms with Crippen LogP contribution in [0.25, 0.3) is 0 Å². The summed E-state index contributed by atoms with van der Waals surface area (Å²) in [6.07, 6.45) is 0. The Hall–Kier alpha value is -1.71. The van der Waals surface area contributed by atoms with Crippen molar-refractivity contribution in [1.82, 2.24) is 4.90 Å². The lowest BCUT2D eigenvalue weighted by Gasteiger charge is -2.36. The number of hydrogen-bond donors (Lipinski definition) is 1. The van der Waals surface area contributed by atoms with Gasteiger partial charge in [0.25, 0.3) is 0 Å². The summed E-state index contributed by atoms with van der Waals surface area (Å²) in [6, 6.07) is 16.3. The van der Waals surface area contributed by atoms with Gasteiger partial charge in [0.2, 0.25) is 0 Å². The van der Waals surface area contributed by atoms with Gasteiger partial charge in [0.1, 0.15) is 0 Å². The van der Waals surface area contributed by atoms with Gasteiger partial charge in [-0.15, -0.1) is 0 Å². The Morgan fingerprint density at radius 2 is 1.67 bits per heavy atom. The minimum atomic E-state index is 0.775. The Morgan fingerprint density at radius 3 is 2.38 bits per heavy atom. The Kier molecular flexibility index (Phi) is 4.32. The molecule has 110 valence electrons. The number of hydrogen-bond acceptors (Lipinski definition) is 3. The molecule has 1 heterocycles. The predicted octanol–water partition coefficient (Wildman–Crippen LogP) is 3.24.